The number of thioether (sulfide) groups is 1. The van der Waals surface area contributed by atoms with E-state index in [-0.39, 0.29) is 5.91 Å². The van der Waals surface area contributed by atoms with Crippen LogP contribution in [0, 0.1) is 0 Å². The summed E-state index contributed by atoms with van der Waals surface area (Å²) in [4.78, 5) is 18.3. The smallest absolute Gasteiger partial charge is 0.222 e. The Morgan fingerprint density at radius 1 is 0.943 bits per heavy atom. The number of rotatable bonds is 12. The molecule has 6 nitrogen and oxygen atoms in total. The van der Waals surface area contributed by atoms with E-state index in [0.717, 1.165) is 52.4 Å². The lowest BCUT2D eigenvalue weighted by molar-refractivity contribution is -0.132. The maximum Gasteiger partial charge on any atom is 0.222 e. The molecule has 0 spiro atoms. The summed E-state index contributed by atoms with van der Waals surface area (Å²) in [5, 5.41) is 11.9. The van der Waals surface area contributed by atoms with E-state index in [2.05, 4.69) is 55.4 Å². The van der Waals surface area contributed by atoms with Crippen molar-refractivity contribution in [2.45, 2.75) is 24.5 Å². The zero-order valence-electron chi connectivity index (χ0n) is 20.2. The first-order valence-corrected chi connectivity index (χ1v) is 13.6. The molecule has 0 unspecified atom stereocenters. The molecule has 0 N–H and O–H groups in total. The number of likely N-dealkylation sites (N-methyl/N-ethyl adjacent to an activating group) is 1. The Morgan fingerprint density at radius 3 is 2.37 bits per heavy atom. The molecular formula is C27H31N5OS2. The second-order valence-corrected chi connectivity index (χ2v) is 10.5. The van der Waals surface area contributed by atoms with Crippen LogP contribution in [0.5, 0.6) is 0 Å². The lowest BCUT2D eigenvalue weighted by atomic mass is 10.2. The number of para-hydroxylation sites is 1. The van der Waals surface area contributed by atoms with Gasteiger partial charge in [0, 0.05) is 37.5 Å². The quantitative estimate of drug-likeness (QED) is 0.189. The van der Waals surface area contributed by atoms with Crippen molar-refractivity contribution in [1.82, 2.24) is 24.6 Å². The number of benzene rings is 2. The van der Waals surface area contributed by atoms with Gasteiger partial charge in [0.1, 0.15) is 0 Å². The van der Waals surface area contributed by atoms with E-state index in [4.69, 9.17) is 0 Å². The number of hydrogen-bond donors (Lipinski definition) is 0. The van der Waals surface area contributed by atoms with Crippen molar-refractivity contribution in [3.8, 4) is 16.4 Å². The molecule has 0 bridgehead atoms. The van der Waals surface area contributed by atoms with Crippen molar-refractivity contribution in [3.63, 3.8) is 0 Å². The molecule has 182 valence electrons. The molecule has 0 saturated heterocycles. The second kappa shape index (κ2) is 12.7. The van der Waals surface area contributed by atoms with Crippen molar-refractivity contribution in [2.75, 3.05) is 32.9 Å². The summed E-state index contributed by atoms with van der Waals surface area (Å²) in [6.07, 6.45) is 1.30. The minimum Gasteiger partial charge on any atom is -0.337 e. The molecule has 0 fully saturated rings. The molecule has 4 rings (SSSR count). The molecule has 1 amide bonds. The van der Waals surface area contributed by atoms with E-state index < -0.39 is 0 Å². The molecule has 0 aliphatic carbocycles. The van der Waals surface area contributed by atoms with Gasteiger partial charge >= 0.3 is 0 Å². The standard InChI is InChI=1S/C27H31N5OS2/c1-30(2)17-18-31(21-22-11-5-3-6-12-22)25(33)16-10-20-35-27-29-28-26(24-15-9-19-34-24)32(27)23-13-7-4-8-14-23/h3-9,11-15,19H,10,16-18,20-21H2,1-2H3. The van der Waals surface area contributed by atoms with Crippen LogP contribution >= 0.6 is 23.1 Å². The molecule has 2 aromatic carbocycles. The highest BCUT2D eigenvalue weighted by Gasteiger charge is 2.18. The summed E-state index contributed by atoms with van der Waals surface area (Å²) in [6.45, 7) is 2.21. The fourth-order valence-corrected chi connectivity index (χ4v) is 5.29. The fourth-order valence-electron chi connectivity index (χ4n) is 3.70. The molecule has 2 aromatic heterocycles. The normalized spacial score (nSPS) is 11.2. The van der Waals surface area contributed by atoms with Gasteiger partial charge in [-0.05, 0) is 49.7 Å². The van der Waals surface area contributed by atoms with Crippen LogP contribution in [0.25, 0.3) is 16.4 Å². The zero-order valence-corrected chi connectivity index (χ0v) is 21.8. The van der Waals surface area contributed by atoms with Gasteiger partial charge in [0.2, 0.25) is 5.91 Å². The molecule has 0 aliphatic rings. The van der Waals surface area contributed by atoms with Gasteiger partial charge in [0.15, 0.2) is 11.0 Å². The van der Waals surface area contributed by atoms with Crippen molar-refractivity contribution in [3.05, 3.63) is 83.7 Å². The maximum absolute atomic E-state index is 13.1. The lowest BCUT2D eigenvalue weighted by Gasteiger charge is -2.24. The summed E-state index contributed by atoms with van der Waals surface area (Å²) in [5.74, 6) is 1.84. The Morgan fingerprint density at radius 2 is 1.69 bits per heavy atom. The molecule has 2 heterocycles. The van der Waals surface area contributed by atoms with E-state index in [1.54, 1.807) is 23.1 Å². The number of hydrogen-bond acceptors (Lipinski definition) is 6. The van der Waals surface area contributed by atoms with Gasteiger partial charge in [-0.15, -0.1) is 21.5 Å². The van der Waals surface area contributed by atoms with Crippen LogP contribution in [0.1, 0.15) is 18.4 Å². The number of carbonyl (C=O) groups excluding carboxylic acids is 1. The summed E-state index contributed by atoms with van der Waals surface area (Å²) >= 11 is 3.31. The van der Waals surface area contributed by atoms with Gasteiger partial charge in [-0.2, -0.15) is 0 Å². The van der Waals surface area contributed by atoms with Crippen LogP contribution in [0.4, 0.5) is 0 Å². The van der Waals surface area contributed by atoms with Crippen LogP contribution in [0.15, 0.2) is 83.3 Å². The predicted octanol–water partition coefficient (Wildman–Crippen LogP) is 5.46. The van der Waals surface area contributed by atoms with Crippen LogP contribution in [-0.2, 0) is 11.3 Å². The Labute approximate surface area is 215 Å². The third-order valence-electron chi connectivity index (χ3n) is 5.54. The third-order valence-corrected chi connectivity index (χ3v) is 7.42. The molecular weight excluding hydrogens is 474 g/mol. The number of carbonyl (C=O) groups is 1. The van der Waals surface area contributed by atoms with Gasteiger partial charge < -0.3 is 9.80 Å². The highest BCUT2D eigenvalue weighted by atomic mass is 32.2. The van der Waals surface area contributed by atoms with Crippen molar-refractivity contribution in [2.24, 2.45) is 0 Å². The molecule has 8 heteroatoms. The number of amides is 1. The summed E-state index contributed by atoms with van der Waals surface area (Å²) in [7, 11) is 4.07. The van der Waals surface area contributed by atoms with E-state index in [0.29, 0.717) is 13.0 Å². The monoisotopic (exact) mass is 505 g/mol. The molecule has 0 aliphatic heterocycles. The Kier molecular flexibility index (Phi) is 9.11. The first kappa shape index (κ1) is 25.2. The van der Waals surface area contributed by atoms with E-state index in [1.165, 1.54) is 0 Å². The third kappa shape index (κ3) is 7.04. The van der Waals surface area contributed by atoms with Crippen LogP contribution < -0.4 is 0 Å². The average molecular weight is 506 g/mol. The number of thiophene rings is 1. The van der Waals surface area contributed by atoms with Crippen LogP contribution in [0.2, 0.25) is 0 Å². The van der Waals surface area contributed by atoms with E-state index >= 15 is 0 Å². The predicted molar refractivity (Wildman–Crippen MR) is 145 cm³/mol. The molecule has 4 aromatic rings. The minimum absolute atomic E-state index is 0.195. The lowest BCUT2D eigenvalue weighted by Crippen LogP contribution is -2.36. The second-order valence-electron chi connectivity index (χ2n) is 8.51. The highest BCUT2D eigenvalue weighted by Crippen LogP contribution is 2.30. The first-order valence-electron chi connectivity index (χ1n) is 11.8. The molecule has 0 saturated carbocycles. The summed E-state index contributed by atoms with van der Waals surface area (Å²) < 4.78 is 2.11. The number of aromatic nitrogens is 3. The molecule has 0 radical (unpaired) electrons. The summed E-state index contributed by atoms with van der Waals surface area (Å²) in [5.41, 5.74) is 2.20. The van der Waals surface area contributed by atoms with Gasteiger partial charge in [-0.25, -0.2) is 0 Å². The van der Waals surface area contributed by atoms with E-state index in [1.807, 2.05) is 61.5 Å². The Balaban J connectivity index is 1.39. The topological polar surface area (TPSA) is 54.3 Å². The average Bonchev–Trinajstić information content (AvgIpc) is 3.55. The Hall–Kier alpha value is -2.94. The van der Waals surface area contributed by atoms with Crippen molar-refractivity contribution in [1.29, 1.82) is 0 Å². The first-order chi connectivity index (χ1) is 17.1. The molecule has 35 heavy (non-hydrogen) atoms. The van der Waals surface area contributed by atoms with Crippen LogP contribution in [-0.4, -0.2) is 63.4 Å². The summed E-state index contributed by atoms with van der Waals surface area (Å²) in [6, 6.07) is 24.5. The zero-order chi connectivity index (χ0) is 24.5. The highest BCUT2D eigenvalue weighted by molar-refractivity contribution is 7.99. The van der Waals surface area contributed by atoms with E-state index in [9.17, 15) is 4.79 Å². The molecule has 0 atom stereocenters. The van der Waals surface area contributed by atoms with Crippen LogP contribution in [0.3, 0.4) is 0 Å². The van der Waals surface area contributed by atoms with Gasteiger partial charge in [0.05, 0.1) is 4.88 Å². The minimum atomic E-state index is 0.195. The SMILES string of the molecule is CN(C)CCN(Cc1ccccc1)C(=O)CCCSc1nnc(-c2cccs2)n1-c1ccccc1. The maximum atomic E-state index is 13.1. The Bertz CT molecular complexity index is 1180. The van der Waals surface area contributed by atoms with Gasteiger partial charge in [0.25, 0.3) is 0 Å². The van der Waals surface area contributed by atoms with Crippen molar-refractivity contribution >= 4 is 29.0 Å². The largest absolute Gasteiger partial charge is 0.337 e. The van der Waals surface area contributed by atoms with Gasteiger partial charge in [-0.1, -0.05) is 66.4 Å². The number of nitrogens with zero attached hydrogens (tertiary/aromatic N) is 5. The van der Waals surface area contributed by atoms with Crippen molar-refractivity contribution < 1.29 is 4.79 Å². The van der Waals surface area contributed by atoms with Gasteiger partial charge in [-0.3, -0.25) is 9.36 Å². The fraction of sp³-hybridized carbons (Fsp3) is 0.296.